The van der Waals surface area contributed by atoms with Crippen LogP contribution in [0.3, 0.4) is 0 Å². The van der Waals surface area contributed by atoms with E-state index >= 15 is 0 Å². The number of carbonyl (C=O) groups is 1. The highest BCUT2D eigenvalue weighted by Gasteiger charge is 2.32. The molecule has 0 radical (unpaired) electrons. The standard InChI is InChI=1S/C33H41N3O3/c1-22-17-27(11-16-32(22)38)24-7-5-23(6-8-24)20-35(33(39)25-9-14-31(37)15-10-25)30-4-2-3-26(18-30)28-19-34-36(21-28)29-12-13-29/h2-4,11,16-19,21,23-25,29,31,37-38H,5-10,12-15,20H2,1H3/t23-,24-,25-,31-. The van der Waals surface area contributed by atoms with Gasteiger partial charge in [0.15, 0.2) is 0 Å². The fraction of sp³-hybridized carbons (Fsp3) is 0.515. The highest BCUT2D eigenvalue weighted by molar-refractivity contribution is 5.95. The van der Waals surface area contributed by atoms with Crippen molar-refractivity contribution in [2.75, 3.05) is 11.4 Å². The lowest BCUT2D eigenvalue weighted by Gasteiger charge is -2.36. The quantitative estimate of drug-likeness (QED) is 0.356. The summed E-state index contributed by atoms with van der Waals surface area (Å²) in [6.45, 7) is 2.70. The third-order valence-corrected chi connectivity index (χ3v) is 9.31. The van der Waals surface area contributed by atoms with Crippen LogP contribution in [0, 0.1) is 18.8 Å². The van der Waals surface area contributed by atoms with Crippen LogP contribution in [0.25, 0.3) is 11.1 Å². The Morgan fingerprint density at radius 2 is 1.72 bits per heavy atom. The fourth-order valence-corrected chi connectivity index (χ4v) is 6.61. The molecule has 0 bridgehead atoms. The molecular formula is C33H41N3O3. The van der Waals surface area contributed by atoms with Crippen molar-refractivity contribution in [2.24, 2.45) is 11.8 Å². The number of benzene rings is 2. The smallest absolute Gasteiger partial charge is 0.230 e. The summed E-state index contributed by atoms with van der Waals surface area (Å²) in [6, 6.07) is 15.0. The molecule has 3 aromatic rings. The molecule has 3 aliphatic carbocycles. The van der Waals surface area contributed by atoms with E-state index in [-0.39, 0.29) is 17.9 Å². The first-order chi connectivity index (χ1) is 18.9. The van der Waals surface area contributed by atoms with Gasteiger partial charge in [-0.05, 0) is 118 Å². The normalized spacial score (nSPS) is 25.4. The molecule has 2 N–H and O–H groups in total. The van der Waals surface area contributed by atoms with E-state index in [1.54, 1.807) is 0 Å². The number of hydrogen-bond acceptors (Lipinski definition) is 4. The lowest BCUT2D eigenvalue weighted by Crippen LogP contribution is -2.41. The Balaban J connectivity index is 1.20. The second-order valence-corrected chi connectivity index (χ2v) is 12.2. The highest BCUT2D eigenvalue weighted by Crippen LogP contribution is 2.39. The predicted octanol–water partition coefficient (Wildman–Crippen LogP) is 6.76. The lowest BCUT2D eigenvalue weighted by atomic mass is 9.78. The van der Waals surface area contributed by atoms with Crippen molar-refractivity contribution < 1.29 is 15.0 Å². The number of rotatable bonds is 7. The van der Waals surface area contributed by atoms with Gasteiger partial charge < -0.3 is 15.1 Å². The second-order valence-electron chi connectivity index (χ2n) is 12.2. The number of aryl methyl sites for hydroxylation is 1. The number of aromatic hydroxyl groups is 1. The molecular weight excluding hydrogens is 486 g/mol. The minimum absolute atomic E-state index is 0.0222. The van der Waals surface area contributed by atoms with Gasteiger partial charge in [-0.2, -0.15) is 5.10 Å². The number of aliphatic hydroxyl groups excluding tert-OH is 1. The number of phenolic OH excluding ortho intramolecular Hbond substituents is 1. The van der Waals surface area contributed by atoms with Crippen LogP contribution in [0.4, 0.5) is 5.69 Å². The van der Waals surface area contributed by atoms with Gasteiger partial charge in [-0.15, -0.1) is 0 Å². The first-order valence-corrected chi connectivity index (χ1v) is 14.9. The molecule has 39 heavy (non-hydrogen) atoms. The molecule has 6 rings (SSSR count). The summed E-state index contributed by atoms with van der Waals surface area (Å²) in [5, 5.41) is 24.5. The van der Waals surface area contributed by atoms with Gasteiger partial charge in [-0.25, -0.2) is 0 Å². The van der Waals surface area contributed by atoms with Crippen molar-refractivity contribution in [3.63, 3.8) is 0 Å². The molecule has 3 fully saturated rings. The van der Waals surface area contributed by atoms with Crippen LogP contribution in [0.2, 0.25) is 0 Å². The van der Waals surface area contributed by atoms with Gasteiger partial charge in [0.1, 0.15) is 5.75 Å². The lowest BCUT2D eigenvalue weighted by molar-refractivity contribution is -0.124. The maximum atomic E-state index is 14.0. The average molecular weight is 528 g/mol. The molecule has 0 unspecified atom stereocenters. The minimum atomic E-state index is -0.271. The zero-order chi connectivity index (χ0) is 26.9. The number of anilines is 1. The van der Waals surface area contributed by atoms with E-state index < -0.39 is 0 Å². The number of aliphatic hydroxyl groups is 1. The van der Waals surface area contributed by atoms with Gasteiger partial charge >= 0.3 is 0 Å². The largest absolute Gasteiger partial charge is 0.508 e. The van der Waals surface area contributed by atoms with E-state index in [2.05, 4.69) is 57.3 Å². The first-order valence-electron chi connectivity index (χ1n) is 14.9. The van der Waals surface area contributed by atoms with E-state index in [1.807, 2.05) is 19.2 Å². The van der Waals surface area contributed by atoms with E-state index in [1.165, 1.54) is 18.4 Å². The first kappa shape index (κ1) is 26.1. The molecule has 1 heterocycles. The maximum absolute atomic E-state index is 14.0. The van der Waals surface area contributed by atoms with Crippen LogP contribution in [-0.4, -0.2) is 38.5 Å². The van der Waals surface area contributed by atoms with Crippen molar-refractivity contribution in [1.29, 1.82) is 0 Å². The van der Waals surface area contributed by atoms with E-state index in [0.717, 1.165) is 67.4 Å². The van der Waals surface area contributed by atoms with Crippen molar-refractivity contribution in [3.05, 3.63) is 66.0 Å². The Bertz CT molecular complexity index is 1300. The summed E-state index contributed by atoms with van der Waals surface area (Å²) >= 11 is 0. The topological polar surface area (TPSA) is 78.6 Å². The van der Waals surface area contributed by atoms with Crippen LogP contribution < -0.4 is 4.90 Å². The third kappa shape index (κ3) is 5.91. The molecule has 3 saturated carbocycles. The van der Waals surface area contributed by atoms with Crippen LogP contribution in [0.15, 0.2) is 54.9 Å². The van der Waals surface area contributed by atoms with Crippen LogP contribution in [0.1, 0.15) is 87.3 Å². The van der Waals surface area contributed by atoms with Gasteiger partial charge in [-0.3, -0.25) is 9.48 Å². The number of aromatic nitrogens is 2. The average Bonchev–Trinajstić information content (AvgIpc) is 3.69. The van der Waals surface area contributed by atoms with Gasteiger partial charge in [0.25, 0.3) is 0 Å². The van der Waals surface area contributed by atoms with Gasteiger partial charge in [0, 0.05) is 29.9 Å². The van der Waals surface area contributed by atoms with Crippen molar-refractivity contribution in [2.45, 2.75) is 89.2 Å². The summed E-state index contributed by atoms with van der Waals surface area (Å²) in [4.78, 5) is 16.1. The molecule has 2 aromatic carbocycles. The number of nitrogens with zero attached hydrogens (tertiary/aromatic N) is 3. The highest BCUT2D eigenvalue weighted by atomic mass is 16.3. The molecule has 1 amide bonds. The van der Waals surface area contributed by atoms with Gasteiger partial charge in [0.05, 0.1) is 18.3 Å². The number of phenols is 1. The fourth-order valence-electron chi connectivity index (χ4n) is 6.61. The van der Waals surface area contributed by atoms with Crippen LogP contribution in [0.5, 0.6) is 5.75 Å². The third-order valence-electron chi connectivity index (χ3n) is 9.31. The molecule has 6 nitrogen and oxygen atoms in total. The summed E-state index contributed by atoms with van der Waals surface area (Å²) in [5.74, 6) is 1.52. The van der Waals surface area contributed by atoms with Crippen molar-refractivity contribution in [1.82, 2.24) is 9.78 Å². The number of amides is 1. The SMILES string of the molecule is Cc1cc([C@H]2CC[C@H](CN(c3cccc(-c4cnn(C5CC5)c4)c3)C(=O)[C@H]3CC[C@H](O)CC3)CC2)ccc1O. The van der Waals surface area contributed by atoms with E-state index in [0.29, 0.717) is 36.5 Å². The number of carbonyl (C=O) groups excluding carboxylic acids is 1. The summed E-state index contributed by atoms with van der Waals surface area (Å²) in [7, 11) is 0. The zero-order valence-corrected chi connectivity index (χ0v) is 23.0. The molecule has 6 heteroatoms. The molecule has 0 aliphatic heterocycles. The Morgan fingerprint density at radius 3 is 2.44 bits per heavy atom. The van der Waals surface area contributed by atoms with Crippen molar-refractivity contribution >= 4 is 11.6 Å². The molecule has 0 spiro atoms. The van der Waals surface area contributed by atoms with Crippen LogP contribution in [-0.2, 0) is 4.79 Å². The van der Waals surface area contributed by atoms with Crippen molar-refractivity contribution in [3.8, 4) is 16.9 Å². The van der Waals surface area contributed by atoms with Gasteiger partial charge in [0.2, 0.25) is 5.91 Å². The summed E-state index contributed by atoms with van der Waals surface area (Å²) < 4.78 is 2.08. The molecule has 0 atom stereocenters. The molecule has 0 saturated heterocycles. The van der Waals surface area contributed by atoms with Crippen LogP contribution >= 0.6 is 0 Å². The Hall–Kier alpha value is -3.12. The minimum Gasteiger partial charge on any atom is -0.508 e. The Morgan fingerprint density at radius 1 is 0.949 bits per heavy atom. The summed E-state index contributed by atoms with van der Waals surface area (Å²) in [6.07, 6.45) is 13.5. The molecule has 1 aromatic heterocycles. The zero-order valence-electron chi connectivity index (χ0n) is 23.0. The second kappa shape index (κ2) is 11.2. The molecule has 206 valence electrons. The molecule has 3 aliphatic rings. The van der Waals surface area contributed by atoms with Gasteiger partial charge in [-0.1, -0.05) is 24.3 Å². The Labute approximate surface area is 231 Å². The predicted molar refractivity (Wildman–Crippen MR) is 154 cm³/mol. The monoisotopic (exact) mass is 527 g/mol. The van der Waals surface area contributed by atoms with E-state index in [9.17, 15) is 15.0 Å². The summed E-state index contributed by atoms with van der Waals surface area (Å²) in [5.41, 5.74) is 5.42. The Kier molecular flexibility index (Phi) is 7.48. The maximum Gasteiger partial charge on any atom is 0.230 e. The van der Waals surface area contributed by atoms with E-state index in [4.69, 9.17) is 0 Å². The number of hydrogen-bond donors (Lipinski definition) is 2.